The van der Waals surface area contributed by atoms with Crippen LogP contribution >= 0.6 is 0 Å². The number of benzene rings is 2. The molecule has 0 bridgehead atoms. The fourth-order valence-corrected chi connectivity index (χ4v) is 3.75. The molecule has 6 heteroatoms. The number of para-hydroxylation sites is 1. The van der Waals surface area contributed by atoms with Crippen molar-refractivity contribution in [3.05, 3.63) is 77.4 Å². The first-order valence-corrected chi connectivity index (χ1v) is 9.46. The van der Waals surface area contributed by atoms with Crippen molar-refractivity contribution in [1.29, 1.82) is 0 Å². The third-order valence-corrected chi connectivity index (χ3v) is 5.26. The first kappa shape index (κ1) is 18.2. The van der Waals surface area contributed by atoms with E-state index in [1.165, 1.54) is 17.8 Å². The minimum Gasteiger partial charge on any atom is -0.368 e. The van der Waals surface area contributed by atoms with E-state index in [-0.39, 0.29) is 11.7 Å². The van der Waals surface area contributed by atoms with Crippen LogP contribution in [0, 0.1) is 19.7 Å². The molecule has 3 aromatic rings. The molecular formula is C22H23FN4O. The van der Waals surface area contributed by atoms with Gasteiger partial charge in [-0.1, -0.05) is 18.2 Å². The number of nitrogens with zero attached hydrogens (tertiary/aromatic N) is 4. The van der Waals surface area contributed by atoms with Crippen LogP contribution in [0.3, 0.4) is 0 Å². The number of carbonyl (C=O) groups is 1. The Hall–Kier alpha value is -3.15. The van der Waals surface area contributed by atoms with Crippen molar-refractivity contribution in [2.45, 2.75) is 13.8 Å². The highest BCUT2D eigenvalue weighted by atomic mass is 19.1. The maximum absolute atomic E-state index is 13.2. The van der Waals surface area contributed by atoms with Gasteiger partial charge in [0.05, 0.1) is 22.6 Å². The minimum atomic E-state index is -0.294. The van der Waals surface area contributed by atoms with Gasteiger partial charge in [-0.25, -0.2) is 9.07 Å². The number of rotatable bonds is 3. The molecule has 0 unspecified atom stereocenters. The number of halogens is 1. The molecule has 2 heterocycles. The molecule has 0 atom stereocenters. The van der Waals surface area contributed by atoms with Gasteiger partial charge in [-0.3, -0.25) is 4.79 Å². The Balaban J connectivity index is 1.52. The molecule has 1 saturated heterocycles. The van der Waals surface area contributed by atoms with E-state index in [1.54, 1.807) is 16.8 Å². The van der Waals surface area contributed by atoms with Crippen LogP contribution in [-0.4, -0.2) is 46.8 Å². The van der Waals surface area contributed by atoms with Gasteiger partial charge >= 0.3 is 0 Å². The molecule has 1 aromatic heterocycles. The fraction of sp³-hybridized carbons (Fsp3) is 0.273. The molecule has 144 valence electrons. The molecular weight excluding hydrogens is 355 g/mol. The maximum atomic E-state index is 13.2. The predicted octanol–water partition coefficient (Wildman–Crippen LogP) is 3.59. The maximum Gasteiger partial charge on any atom is 0.257 e. The molecule has 0 radical (unpaired) electrons. The number of carbonyl (C=O) groups excluding carboxylic acids is 1. The molecule has 1 amide bonds. The first-order valence-electron chi connectivity index (χ1n) is 9.46. The Morgan fingerprint density at radius 2 is 1.54 bits per heavy atom. The molecule has 0 spiro atoms. The summed E-state index contributed by atoms with van der Waals surface area (Å²) in [5, 5.41) is 4.52. The van der Waals surface area contributed by atoms with Crippen LogP contribution in [0.4, 0.5) is 10.1 Å². The number of anilines is 1. The Bertz CT molecular complexity index is 974. The zero-order valence-corrected chi connectivity index (χ0v) is 16.1. The van der Waals surface area contributed by atoms with Crippen LogP contribution in [0.15, 0.2) is 54.6 Å². The first-order chi connectivity index (χ1) is 13.5. The Kier molecular flexibility index (Phi) is 4.86. The second-order valence-electron chi connectivity index (χ2n) is 7.05. The highest BCUT2D eigenvalue weighted by Crippen LogP contribution is 2.22. The van der Waals surface area contributed by atoms with Gasteiger partial charge in [-0.15, -0.1) is 0 Å². The molecule has 0 aliphatic carbocycles. The summed E-state index contributed by atoms with van der Waals surface area (Å²) >= 11 is 0. The molecule has 2 aromatic carbocycles. The number of aryl methyl sites for hydroxylation is 1. The summed E-state index contributed by atoms with van der Waals surface area (Å²) in [4.78, 5) is 17.4. The number of hydrogen-bond donors (Lipinski definition) is 0. The summed E-state index contributed by atoms with van der Waals surface area (Å²) in [6, 6.07) is 16.4. The summed E-state index contributed by atoms with van der Waals surface area (Å²) in [6.45, 7) is 6.69. The van der Waals surface area contributed by atoms with E-state index in [0.29, 0.717) is 24.3 Å². The highest BCUT2D eigenvalue weighted by Gasteiger charge is 2.27. The molecule has 0 N–H and O–H groups in total. The molecule has 1 fully saturated rings. The Morgan fingerprint density at radius 3 is 2.18 bits per heavy atom. The number of amides is 1. The van der Waals surface area contributed by atoms with Crippen molar-refractivity contribution >= 4 is 11.6 Å². The van der Waals surface area contributed by atoms with Crippen LogP contribution in [0.1, 0.15) is 21.7 Å². The average molecular weight is 378 g/mol. The van der Waals surface area contributed by atoms with Gasteiger partial charge in [-0.05, 0) is 50.2 Å². The van der Waals surface area contributed by atoms with Gasteiger partial charge in [-0.2, -0.15) is 5.10 Å². The zero-order chi connectivity index (χ0) is 19.7. The largest absolute Gasteiger partial charge is 0.368 e. The Morgan fingerprint density at radius 1 is 0.893 bits per heavy atom. The van der Waals surface area contributed by atoms with E-state index < -0.39 is 0 Å². The van der Waals surface area contributed by atoms with Crippen molar-refractivity contribution in [1.82, 2.24) is 14.7 Å². The van der Waals surface area contributed by atoms with Gasteiger partial charge < -0.3 is 9.80 Å². The summed E-state index contributed by atoms with van der Waals surface area (Å²) in [6.07, 6.45) is 0. The smallest absolute Gasteiger partial charge is 0.257 e. The van der Waals surface area contributed by atoms with Crippen molar-refractivity contribution in [3.63, 3.8) is 0 Å². The van der Waals surface area contributed by atoms with Gasteiger partial charge in [0.2, 0.25) is 0 Å². The molecule has 1 aliphatic heterocycles. The quantitative estimate of drug-likeness (QED) is 0.699. The minimum absolute atomic E-state index is 0.0103. The van der Waals surface area contributed by atoms with E-state index in [4.69, 9.17) is 0 Å². The van der Waals surface area contributed by atoms with Gasteiger partial charge in [0.1, 0.15) is 5.82 Å². The van der Waals surface area contributed by atoms with Crippen LogP contribution in [0.5, 0.6) is 0 Å². The second kappa shape index (κ2) is 7.46. The average Bonchev–Trinajstić information content (AvgIpc) is 3.03. The number of aromatic nitrogens is 2. The van der Waals surface area contributed by atoms with Crippen molar-refractivity contribution in [2.24, 2.45) is 0 Å². The fourth-order valence-electron chi connectivity index (χ4n) is 3.75. The lowest BCUT2D eigenvalue weighted by Crippen LogP contribution is -2.49. The highest BCUT2D eigenvalue weighted by molar-refractivity contribution is 5.96. The van der Waals surface area contributed by atoms with Crippen molar-refractivity contribution < 1.29 is 9.18 Å². The molecule has 0 saturated carbocycles. The standard InChI is InChI=1S/C22H23FN4O/c1-16-21(17(2)27(24-16)20-10-8-18(23)9-11-20)22(28)26-14-12-25(13-15-26)19-6-4-3-5-7-19/h3-11H,12-15H2,1-2H3. The van der Waals surface area contributed by atoms with Crippen LogP contribution < -0.4 is 4.90 Å². The van der Waals surface area contributed by atoms with Crippen LogP contribution in [0.25, 0.3) is 5.69 Å². The van der Waals surface area contributed by atoms with E-state index in [0.717, 1.165) is 24.5 Å². The summed E-state index contributed by atoms with van der Waals surface area (Å²) in [7, 11) is 0. The van der Waals surface area contributed by atoms with Crippen LogP contribution in [-0.2, 0) is 0 Å². The molecule has 28 heavy (non-hydrogen) atoms. The third-order valence-electron chi connectivity index (χ3n) is 5.26. The predicted molar refractivity (Wildman–Crippen MR) is 108 cm³/mol. The Labute approximate surface area is 164 Å². The van der Waals surface area contributed by atoms with Crippen LogP contribution in [0.2, 0.25) is 0 Å². The lowest BCUT2D eigenvalue weighted by molar-refractivity contribution is 0.0745. The van der Waals surface area contributed by atoms with Gasteiger partial charge in [0, 0.05) is 31.9 Å². The number of hydrogen-bond acceptors (Lipinski definition) is 3. The summed E-state index contributed by atoms with van der Waals surface area (Å²) < 4.78 is 14.9. The van der Waals surface area contributed by atoms with E-state index in [9.17, 15) is 9.18 Å². The zero-order valence-electron chi connectivity index (χ0n) is 16.1. The van der Waals surface area contributed by atoms with Gasteiger partial charge in [0.15, 0.2) is 0 Å². The van der Waals surface area contributed by atoms with Crippen molar-refractivity contribution in [2.75, 3.05) is 31.1 Å². The second-order valence-corrected chi connectivity index (χ2v) is 7.05. The summed E-state index contributed by atoms with van der Waals surface area (Å²) in [5.41, 5.74) is 4.04. The normalized spacial score (nSPS) is 14.4. The monoisotopic (exact) mass is 378 g/mol. The topological polar surface area (TPSA) is 41.4 Å². The number of piperazine rings is 1. The lowest BCUT2D eigenvalue weighted by atomic mass is 10.1. The molecule has 4 rings (SSSR count). The molecule has 1 aliphatic rings. The van der Waals surface area contributed by atoms with E-state index >= 15 is 0 Å². The molecule has 5 nitrogen and oxygen atoms in total. The van der Waals surface area contributed by atoms with E-state index in [2.05, 4.69) is 22.1 Å². The van der Waals surface area contributed by atoms with E-state index in [1.807, 2.05) is 36.9 Å². The lowest BCUT2D eigenvalue weighted by Gasteiger charge is -2.36. The SMILES string of the molecule is Cc1nn(-c2ccc(F)cc2)c(C)c1C(=O)N1CCN(c2ccccc2)CC1. The summed E-state index contributed by atoms with van der Waals surface area (Å²) in [5.74, 6) is -0.283. The van der Waals surface area contributed by atoms with Gasteiger partial charge in [0.25, 0.3) is 5.91 Å². The third kappa shape index (κ3) is 3.38. The van der Waals surface area contributed by atoms with Crippen molar-refractivity contribution in [3.8, 4) is 5.69 Å².